The molecule has 24 heavy (non-hydrogen) atoms. The number of aromatic nitrogens is 4. The second-order valence-electron chi connectivity index (χ2n) is 5.38. The summed E-state index contributed by atoms with van der Waals surface area (Å²) in [5.41, 5.74) is 2.45. The number of para-hydroxylation sites is 1. The fourth-order valence-electron chi connectivity index (χ4n) is 2.50. The molecule has 0 fully saturated rings. The minimum Gasteiger partial charge on any atom is -0.493 e. The zero-order chi connectivity index (χ0) is 17.1. The van der Waals surface area contributed by atoms with Crippen molar-refractivity contribution in [3.8, 4) is 22.8 Å². The van der Waals surface area contributed by atoms with Crippen molar-refractivity contribution >= 4 is 0 Å². The average molecular weight is 328 g/mol. The van der Waals surface area contributed by atoms with Crippen molar-refractivity contribution in [2.75, 3.05) is 14.2 Å². The van der Waals surface area contributed by atoms with Crippen LogP contribution in [0.25, 0.3) is 11.3 Å². The van der Waals surface area contributed by atoms with Gasteiger partial charge in [-0.1, -0.05) is 23.4 Å². The molecule has 0 amide bonds. The van der Waals surface area contributed by atoms with Crippen LogP contribution in [0.15, 0.2) is 35.0 Å². The lowest BCUT2D eigenvalue weighted by atomic mass is 10.1. The first kappa shape index (κ1) is 16.0. The van der Waals surface area contributed by atoms with Gasteiger partial charge in [-0.05, 0) is 25.5 Å². The Hall–Kier alpha value is -2.83. The molecule has 0 N–H and O–H groups in total. The second kappa shape index (κ2) is 6.74. The monoisotopic (exact) mass is 328 g/mol. The van der Waals surface area contributed by atoms with Gasteiger partial charge in [-0.2, -0.15) is 0 Å². The number of ether oxygens (including phenoxy) is 2. The molecule has 0 radical (unpaired) electrons. The van der Waals surface area contributed by atoms with Crippen molar-refractivity contribution in [3.05, 3.63) is 41.9 Å². The minimum absolute atomic E-state index is 0.101. The molecule has 3 rings (SSSR count). The molecule has 0 aliphatic rings. The van der Waals surface area contributed by atoms with Gasteiger partial charge in [0.25, 0.3) is 0 Å². The minimum atomic E-state index is -0.101. The van der Waals surface area contributed by atoms with E-state index in [1.165, 1.54) is 0 Å². The lowest BCUT2D eigenvalue weighted by Gasteiger charge is -2.10. The largest absolute Gasteiger partial charge is 0.493 e. The van der Waals surface area contributed by atoms with E-state index in [4.69, 9.17) is 14.0 Å². The number of aryl methyl sites for hydroxylation is 1. The van der Waals surface area contributed by atoms with Crippen molar-refractivity contribution in [2.45, 2.75) is 26.3 Å². The molecule has 126 valence electrons. The summed E-state index contributed by atoms with van der Waals surface area (Å²) in [7, 11) is 3.21. The molecule has 0 unspecified atom stereocenters. The Kier molecular flexibility index (Phi) is 4.50. The summed E-state index contributed by atoms with van der Waals surface area (Å²) >= 11 is 0. The molecule has 7 heteroatoms. The first-order valence-corrected chi connectivity index (χ1v) is 7.76. The lowest BCUT2D eigenvalue weighted by molar-refractivity contribution is 0.338. The van der Waals surface area contributed by atoms with Crippen molar-refractivity contribution in [2.24, 2.45) is 0 Å². The van der Waals surface area contributed by atoms with Gasteiger partial charge in [0.15, 0.2) is 17.3 Å². The molecule has 1 aromatic carbocycles. The Labute approximate surface area is 140 Å². The van der Waals surface area contributed by atoms with E-state index in [0.717, 1.165) is 23.4 Å². The van der Waals surface area contributed by atoms with Crippen molar-refractivity contribution < 1.29 is 14.0 Å². The molecule has 0 aliphatic carbocycles. The number of methoxy groups -OCH3 is 2. The molecule has 0 spiro atoms. The van der Waals surface area contributed by atoms with Crippen LogP contribution in [0, 0.1) is 0 Å². The van der Waals surface area contributed by atoms with Crippen LogP contribution >= 0.6 is 0 Å². The highest BCUT2D eigenvalue weighted by atomic mass is 16.5. The summed E-state index contributed by atoms with van der Waals surface area (Å²) in [4.78, 5) is 0. The first-order valence-electron chi connectivity index (χ1n) is 7.76. The van der Waals surface area contributed by atoms with Crippen LogP contribution < -0.4 is 9.47 Å². The Morgan fingerprint density at radius 3 is 2.75 bits per heavy atom. The Bertz CT molecular complexity index is 825. The summed E-state index contributed by atoms with van der Waals surface area (Å²) in [5, 5.41) is 12.5. The number of rotatable bonds is 6. The normalized spacial score (nSPS) is 12.2. The Balaban J connectivity index is 1.93. The Morgan fingerprint density at radius 1 is 1.25 bits per heavy atom. The topological polar surface area (TPSA) is 75.2 Å². The number of hydrogen-bond donors (Lipinski definition) is 0. The summed E-state index contributed by atoms with van der Waals surface area (Å²) in [6.07, 6.45) is 2.69. The van der Waals surface area contributed by atoms with E-state index in [-0.39, 0.29) is 6.04 Å². The van der Waals surface area contributed by atoms with Crippen molar-refractivity contribution in [1.82, 2.24) is 20.2 Å². The van der Waals surface area contributed by atoms with Crippen LogP contribution in [0.5, 0.6) is 11.5 Å². The van der Waals surface area contributed by atoms with Gasteiger partial charge >= 0.3 is 0 Å². The van der Waals surface area contributed by atoms with E-state index in [0.29, 0.717) is 17.2 Å². The van der Waals surface area contributed by atoms with Crippen molar-refractivity contribution in [1.29, 1.82) is 0 Å². The highest BCUT2D eigenvalue weighted by Gasteiger charge is 2.18. The fraction of sp³-hybridized carbons (Fsp3) is 0.353. The smallest absolute Gasteiger partial charge is 0.170 e. The summed E-state index contributed by atoms with van der Waals surface area (Å²) < 4.78 is 17.9. The molecule has 0 aliphatic heterocycles. The number of hydrogen-bond acceptors (Lipinski definition) is 6. The quantitative estimate of drug-likeness (QED) is 0.692. The zero-order valence-corrected chi connectivity index (χ0v) is 14.2. The van der Waals surface area contributed by atoms with Crippen LogP contribution in [0.4, 0.5) is 0 Å². The highest BCUT2D eigenvalue weighted by Crippen LogP contribution is 2.37. The van der Waals surface area contributed by atoms with Gasteiger partial charge in [0, 0.05) is 11.6 Å². The molecule has 2 heterocycles. The predicted molar refractivity (Wildman–Crippen MR) is 88.3 cm³/mol. The molecule has 2 aromatic heterocycles. The van der Waals surface area contributed by atoms with Gasteiger partial charge in [0.05, 0.1) is 26.1 Å². The molecule has 0 bridgehead atoms. The van der Waals surface area contributed by atoms with Gasteiger partial charge in [0.2, 0.25) is 0 Å². The zero-order valence-electron chi connectivity index (χ0n) is 14.2. The van der Waals surface area contributed by atoms with E-state index >= 15 is 0 Å². The molecule has 3 aromatic rings. The van der Waals surface area contributed by atoms with Gasteiger partial charge in [0.1, 0.15) is 11.7 Å². The predicted octanol–water partition coefficient (Wildman–Crippen LogP) is 3.12. The third-order valence-electron chi connectivity index (χ3n) is 3.94. The SMILES string of the molecule is CCc1cc([C@@H](C)n2cc(-c3cccc(OC)c3OC)nn2)on1. The van der Waals surface area contributed by atoms with Crippen LogP contribution in [0.1, 0.15) is 31.3 Å². The fourth-order valence-corrected chi connectivity index (χ4v) is 2.50. The first-order chi connectivity index (χ1) is 11.7. The van der Waals surface area contributed by atoms with Gasteiger partial charge in [-0.25, -0.2) is 4.68 Å². The van der Waals surface area contributed by atoms with E-state index in [1.807, 2.05) is 44.3 Å². The summed E-state index contributed by atoms with van der Waals surface area (Å²) in [6.45, 7) is 4.02. The molecule has 7 nitrogen and oxygen atoms in total. The molecular weight excluding hydrogens is 308 g/mol. The average Bonchev–Trinajstić information content (AvgIpc) is 3.29. The van der Waals surface area contributed by atoms with Gasteiger partial charge < -0.3 is 14.0 Å². The van der Waals surface area contributed by atoms with Gasteiger partial charge in [-0.15, -0.1) is 5.10 Å². The van der Waals surface area contributed by atoms with Crippen LogP contribution in [0.2, 0.25) is 0 Å². The van der Waals surface area contributed by atoms with E-state index in [2.05, 4.69) is 15.5 Å². The number of benzene rings is 1. The van der Waals surface area contributed by atoms with Crippen LogP contribution in [-0.4, -0.2) is 34.4 Å². The third-order valence-corrected chi connectivity index (χ3v) is 3.94. The maximum atomic E-state index is 5.46. The standard InChI is InChI=1S/C17H20N4O3/c1-5-12-9-16(24-19-12)11(2)21-10-14(18-20-21)13-7-6-8-15(22-3)17(13)23-4/h6-11H,5H2,1-4H3/t11-/m1/s1. The second-order valence-corrected chi connectivity index (χ2v) is 5.38. The number of nitrogens with zero attached hydrogens (tertiary/aromatic N) is 4. The summed E-state index contributed by atoms with van der Waals surface area (Å²) in [6, 6.07) is 7.50. The molecule has 1 atom stereocenters. The lowest BCUT2D eigenvalue weighted by Crippen LogP contribution is -2.06. The van der Waals surface area contributed by atoms with E-state index in [9.17, 15) is 0 Å². The third kappa shape index (κ3) is 2.84. The van der Waals surface area contributed by atoms with Crippen LogP contribution in [-0.2, 0) is 6.42 Å². The Morgan fingerprint density at radius 2 is 2.08 bits per heavy atom. The maximum absolute atomic E-state index is 5.46. The maximum Gasteiger partial charge on any atom is 0.170 e. The molecular formula is C17H20N4O3. The van der Waals surface area contributed by atoms with Crippen molar-refractivity contribution in [3.63, 3.8) is 0 Å². The highest BCUT2D eigenvalue weighted by molar-refractivity contribution is 5.70. The van der Waals surface area contributed by atoms with Crippen LogP contribution in [0.3, 0.4) is 0 Å². The van der Waals surface area contributed by atoms with E-state index in [1.54, 1.807) is 18.9 Å². The molecule has 0 saturated heterocycles. The summed E-state index contributed by atoms with van der Waals surface area (Å²) in [5.74, 6) is 2.04. The van der Waals surface area contributed by atoms with E-state index < -0.39 is 0 Å². The molecule has 0 saturated carbocycles. The van der Waals surface area contributed by atoms with Gasteiger partial charge in [-0.3, -0.25) is 0 Å².